The van der Waals surface area contributed by atoms with Crippen molar-refractivity contribution in [3.05, 3.63) is 30.2 Å². The minimum Gasteiger partial charge on any atom is -0.365 e. The molecule has 0 amide bonds. The van der Waals surface area contributed by atoms with Gasteiger partial charge in [0.25, 0.3) is 0 Å². The number of nitrogens with zero attached hydrogens (tertiary/aromatic N) is 6. The zero-order valence-electron chi connectivity index (χ0n) is 17.0. The largest absolute Gasteiger partial charge is 0.365 e. The van der Waals surface area contributed by atoms with Crippen LogP contribution < -0.4 is 9.80 Å². The van der Waals surface area contributed by atoms with Crippen molar-refractivity contribution < 1.29 is 4.74 Å². The number of aromatic nitrogens is 3. The Morgan fingerprint density at radius 1 is 1.07 bits per heavy atom. The van der Waals surface area contributed by atoms with Crippen LogP contribution in [-0.4, -0.2) is 77.8 Å². The highest BCUT2D eigenvalue weighted by atomic mass is 32.1. The third-order valence-corrected chi connectivity index (χ3v) is 6.26. The van der Waals surface area contributed by atoms with E-state index in [1.54, 1.807) is 0 Å². The maximum atomic E-state index is 5.97. The average Bonchev–Trinajstić information content (AvgIpc) is 3.21. The topological polar surface area (TPSA) is 57.6 Å². The molecular weight excluding hydrogens is 384 g/mol. The predicted octanol–water partition coefficient (Wildman–Crippen LogP) is 2.05. The summed E-state index contributed by atoms with van der Waals surface area (Å²) in [6.07, 6.45) is 4.20. The van der Waals surface area contributed by atoms with Crippen LogP contribution in [0, 0.1) is 18.8 Å². The second-order valence-electron chi connectivity index (χ2n) is 7.43. The molecule has 0 aliphatic carbocycles. The van der Waals surface area contributed by atoms with Crippen LogP contribution in [0.5, 0.6) is 0 Å². The van der Waals surface area contributed by atoms with E-state index in [-0.39, 0.29) is 0 Å². The van der Waals surface area contributed by atoms with Crippen LogP contribution in [0.25, 0.3) is 0 Å². The summed E-state index contributed by atoms with van der Waals surface area (Å²) in [5, 5.41) is 1.03. The van der Waals surface area contributed by atoms with E-state index < -0.39 is 0 Å². The number of piperidine rings is 1. The molecule has 0 bridgehead atoms. The van der Waals surface area contributed by atoms with E-state index in [2.05, 4.69) is 46.9 Å². The number of ether oxygens (including phenoxy) is 1. The van der Waals surface area contributed by atoms with Gasteiger partial charge in [0.05, 0.1) is 12.6 Å². The lowest BCUT2D eigenvalue weighted by Crippen LogP contribution is -2.46. The molecule has 0 spiro atoms. The normalized spacial score (nSPS) is 18.5. The fraction of sp³-hybridized carbons (Fsp3) is 0.571. The van der Waals surface area contributed by atoms with Gasteiger partial charge in [-0.1, -0.05) is 17.9 Å². The van der Waals surface area contributed by atoms with Gasteiger partial charge < -0.3 is 14.5 Å². The molecule has 2 fully saturated rings. The van der Waals surface area contributed by atoms with E-state index in [1.165, 1.54) is 11.5 Å². The van der Waals surface area contributed by atoms with Crippen LogP contribution in [0.1, 0.15) is 18.7 Å². The molecule has 0 radical (unpaired) electrons. The van der Waals surface area contributed by atoms with Gasteiger partial charge in [0.2, 0.25) is 5.13 Å². The van der Waals surface area contributed by atoms with Crippen LogP contribution >= 0.6 is 11.5 Å². The van der Waals surface area contributed by atoms with E-state index in [0.29, 0.717) is 12.7 Å². The molecule has 0 saturated carbocycles. The second kappa shape index (κ2) is 10.0. The van der Waals surface area contributed by atoms with Gasteiger partial charge in [-0.05, 0) is 31.9 Å². The van der Waals surface area contributed by atoms with Crippen molar-refractivity contribution in [2.24, 2.45) is 0 Å². The molecule has 154 valence electrons. The van der Waals surface area contributed by atoms with Crippen molar-refractivity contribution in [1.82, 2.24) is 19.2 Å². The first-order valence-corrected chi connectivity index (χ1v) is 11.1. The van der Waals surface area contributed by atoms with Gasteiger partial charge in [0.1, 0.15) is 18.2 Å². The van der Waals surface area contributed by atoms with Crippen molar-refractivity contribution in [2.45, 2.75) is 25.9 Å². The van der Waals surface area contributed by atoms with Gasteiger partial charge in [-0.2, -0.15) is 4.37 Å². The monoisotopic (exact) mass is 412 g/mol. The first kappa shape index (κ1) is 20.1. The van der Waals surface area contributed by atoms with Crippen molar-refractivity contribution in [2.75, 3.05) is 62.2 Å². The Labute approximate surface area is 176 Å². The van der Waals surface area contributed by atoms with Crippen molar-refractivity contribution in [3.8, 4) is 11.8 Å². The lowest BCUT2D eigenvalue weighted by Gasteiger charge is -2.34. The molecular formula is C21H28N6OS. The van der Waals surface area contributed by atoms with E-state index in [4.69, 9.17) is 4.74 Å². The number of pyridine rings is 1. The number of rotatable bonds is 5. The third-order valence-electron chi connectivity index (χ3n) is 5.39. The number of aryl methyl sites for hydroxylation is 1. The smallest absolute Gasteiger partial charge is 0.205 e. The van der Waals surface area contributed by atoms with Crippen molar-refractivity contribution >= 4 is 22.5 Å². The van der Waals surface area contributed by atoms with Crippen LogP contribution in [0.15, 0.2) is 24.4 Å². The highest BCUT2D eigenvalue weighted by Gasteiger charge is 2.21. The standard InChI is InChI=1S/C21H28N6OS/c1-18-23-21(29-24-18)27-11-7-19(8-12-27)28-17-5-4-10-25-13-15-26(16-14-25)20-6-2-3-9-22-20/h2-3,6,9,19H,7-8,10-17H2,1H3. The molecule has 2 aromatic heterocycles. The zero-order valence-corrected chi connectivity index (χ0v) is 17.8. The minimum atomic E-state index is 0.302. The summed E-state index contributed by atoms with van der Waals surface area (Å²) in [6, 6.07) is 6.08. The average molecular weight is 413 g/mol. The van der Waals surface area contributed by atoms with Gasteiger partial charge in [-0.25, -0.2) is 9.97 Å². The number of hydrogen-bond donors (Lipinski definition) is 0. The first-order chi connectivity index (χ1) is 14.3. The lowest BCUT2D eigenvalue weighted by atomic mass is 10.1. The Morgan fingerprint density at radius 3 is 2.59 bits per heavy atom. The first-order valence-electron chi connectivity index (χ1n) is 10.3. The SMILES string of the molecule is Cc1nsc(N2CCC(OCC#CCN3CCN(c4ccccn4)CC3)CC2)n1. The minimum absolute atomic E-state index is 0.302. The Hall–Kier alpha value is -2.21. The molecule has 2 aromatic rings. The summed E-state index contributed by atoms with van der Waals surface area (Å²) in [7, 11) is 0. The molecule has 2 aliphatic rings. The summed E-state index contributed by atoms with van der Waals surface area (Å²) in [5.41, 5.74) is 0. The van der Waals surface area contributed by atoms with E-state index in [9.17, 15) is 0 Å². The molecule has 8 heteroatoms. The summed E-state index contributed by atoms with van der Waals surface area (Å²) >= 11 is 1.48. The summed E-state index contributed by atoms with van der Waals surface area (Å²) in [6.45, 7) is 9.29. The molecule has 0 atom stereocenters. The maximum Gasteiger partial charge on any atom is 0.205 e. The molecule has 2 saturated heterocycles. The Kier molecular flexibility index (Phi) is 6.93. The zero-order chi connectivity index (χ0) is 19.9. The molecule has 4 rings (SSSR count). The molecule has 4 heterocycles. The number of hydrogen-bond acceptors (Lipinski definition) is 8. The molecule has 7 nitrogen and oxygen atoms in total. The Bertz CT molecular complexity index is 816. The fourth-order valence-corrected chi connectivity index (χ4v) is 4.41. The van der Waals surface area contributed by atoms with E-state index in [1.807, 2.05) is 25.3 Å². The Balaban J connectivity index is 1.11. The predicted molar refractivity (Wildman–Crippen MR) is 116 cm³/mol. The maximum absolute atomic E-state index is 5.97. The summed E-state index contributed by atoms with van der Waals surface area (Å²) in [4.78, 5) is 15.9. The van der Waals surface area contributed by atoms with Crippen LogP contribution in [-0.2, 0) is 4.74 Å². The molecule has 29 heavy (non-hydrogen) atoms. The van der Waals surface area contributed by atoms with Gasteiger partial charge >= 0.3 is 0 Å². The number of anilines is 2. The van der Waals surface area contributed by atoms with Crippen LogP contribution in [0.2, 0.25) is 0 Å². The van der Waals surface area contributed by atoms with Crippen molar-refractivity contribution in [1.29, 1.82) is 0 Å². The van der Waals surface area contributed by atoms with Gasteiger partial charge in [0.15, 0.2) is 0 Å². The highest BCUT2D eigenvalue weighted by Crippen LogP contribution is 2.22. The lowest BCUT2D eigenvalue weighted by molar-refractivity contribution is 0.0594. The van der Waals surface area contributed by atoms with Gasteiger partial charge in [0, 0.05) is 57.0 Å². The van der Waals surface area contributed by atoms with E-state index >= 15 is 0 Å². The molecule has 0 aromatic carbocycles. The third kappa shape index (κ3) is 5.66. The van der Waals surface area contributed by atoms with Gasteiger partial charge in [-0.15, -0.1) is 0 Å². The molecule has 0 unspecified atom stereocenters. The summed E-state index contributed by atoms with van der Waals surface area (Å²) < 4.78 is 10.2. The fourth-order valence-electron chi connectivity index (χ4n) is 3.68. The van der Waals surface area contributed by atoms with E-state index in [0.717, 1.165) is 75.4 Å². The van der Waals surface area contributed by atoms with Crippen molar-refractivity contribution in [3.63, 3.8) is 0 Å². The number of piperazine rings is 1. The van der Waals surface area contributed by atoms with Crippen LogP contribution in [0.4, 0.5) is 10.9 Å². The summed E-state index contributed by atoms with van der Waals surface area (Å²) in [5.74, 6) is 8.40. The quantitative estimate of drug-likeness (QED) is 0.697. The molecule has 2 aliphatic heterocycles. The van der Waals surface area contributed by atoms with Crippen LogP contribution in [0.3, 0.4) is 0 Å². The van der Waals surface area contributed by atoms with Gasteiger partial charge in [-0.3, -0.25) is 4.90 Å². The molecule has 0 N–H and O–H groups in total. The highest BCUT2D eigenvalue weighted by molar-refractivity contribution is 7.09. The Morgan fingerprint density at radius 2 is 1.90 bits per heavy atom. The second-order valence-corrected chi connectivity index (χ2v) is 8.16.